The van der Waals surface area contributed by atoms with Gasteiger partial charge in [-0.15, -0.1) is 11.6 Å². The molecule has 17 heavy (non-hydrogen) atoms. The maximum Gasteiger partial charge on any atom is 0.153 e. The van der Waals surface area contributed by atoms with Crippen molar-refractivity contribution in [3.63, 3.8) is 0 Å². The molecule has 1 aromatic rings. The lowest BCUT2D eigenvalue weighted by atomic mass is 9.83. The molecule has 0 saturated heterocycles. The Morgan fingerprint density at radius 2 is 2.06 bits per heavy atom. The number of rotatable bonds is 3. The number of alkyl halides is 1. The molecule has 3 heteroatoms. The molecule has 1 fully saturated rings. The summed E-state index contributed by atoms with van der Waals surface area (Å²) in [5.74, 6) is 0.234. The van der Waals surface area contributed by atoms with E-state index < -0.39 is 4.87 Å². The van der Waals surface area contributed by atoms with Gasteiger partial charge in [-0.05, 0) is 37.3 Å². The summed E-state index contributed by atoms with van der Waals surface area (Å²) in [5, 5.41) is 0. The molecule has 2 rings (SSSR count). The monoisotopic (exact) mass is 314 g/mol. The molecule has 1 aromatic carbocycles. The molecule has 0 N–H and O–H groups in total. The molecule has 0 amide bonds. The number of Topliss-reactive ketones (excluding diaryl/α,β-unsaturated/α-hetero) is 1. The fourth-order valence-electron chi connectivity index (χ4n) is 2.35. The Hall–Kier alpha value is -0.340. The molecule has 1 unspecified atom stereocenters. The number of halogens is 2. The van der Waals surface area contributed by atoms with Crippen molar-refractivity contribution in [3.05, 3.63) is 34.3 Å². The van der Waals surface area contributed by atoms with Gasteiger partial charge in [-0.2, -0.15) is 0 Å². The van der Waals surface area contributed by atoms with E-state index in [4.69, 9.17) is 11.6 Å². The molecule has 0 bridgehead atoms. The first-order chi connectivity index (χ1) is 8.12. The van der Waals surface area contributed by atoms with E-state index in [2.05, 4.69) is 22.0 Å². The zero-order valence-electron chi connectivity index (χ0n) is 9.72. The average molecular weight is 316 g/mol. The summed E-state index contributed by atoms with van der Waals surface area (Å²) in [4.78, 5) is 11.3. The Morgan fingerprint density at radius 3 is 2.76 bits per heavy atom. The number of hydrogen-bond acceptors (Lipinski definition) is 1. The quantitative estimate of drug-likeness (QED) is 0.750. The van der Waals surface area contributed by atoms with E-state index in [9.17, 15) is 4.79 Å². The summed E-state index contributed by atoms with van der Waals surface area (Å²) in [5.41, 5.74) is 1.23. The highest BCUT2D eigenvalue weighted by Crippen LogP contribution is 2.35. The zero-order valence-corrected chi connectivity index (χ0v) is 12.1. The molecule has 1 saturated carbocycles. The second-order valence-electron chi connectivity index (χ2n) is 4.69. The smallest absolute Gasteiger partial charge is 0.153 e. The number of carbonyl (C=O) groups excluding carboxylic acids is 1. The lowest BCUT2D eigenvalue weighted by Crippen LogP contribution is -2.36. The minimum absolute atomic E-state index is 0.234. The Morgan fingerprint density at radius 1 is 1.29 bits per heavy atom. The van der Waals surface area contributed by atoms with Crippen LogP contribution in [0.1, 0.15) is 37.7 Å². The summed E-state index contributed by atoms with van der Waals surface area (Å²) in [6.45, 7) is 0. The number of benzene rings is 1. The Labute approximate surface area is 116 Å². The Bertz CT molecular complexity index is 418. The minimum Gasteiger partial charge on any atom is -0.298 e. The lowest BCUT2D eigenvalue weighted by molar-refractivity contribution is -0.123. The number of aryl methyl sites for hydroxylation is 1. The van der Waals surface area contributed by atoms with Gasteiger partial charge in [-0.1, -0.05) is 40.5 Å². The topological polar surface area (TPSA) is 17.1 Å². The van der Waals surface area contributed by atoms with E-state index in [0.29, 0.717) is 6.42 Å². The van der Waals surface area contributed by atoms with Crippen LogP contribution < -0.4 is 0 Å². The third-order valence-corrected chi connectivity index (χ3v) is 4.84. The van der Waals surface area contributed by atoms with Crippen molar-refractivity contribution < 1.29 is 4.79 Å². The first-order valence-corrected chi connectivity index (χ1v) is 7.24. The summed E-state index contributed by atoms with van der Waals surface area (Å²) < 4.78 is 1.10. The van der Waals surface area contributed by atoms with Gasteiger partial charge in [0.25, 0.3) is 0 Å². The highest BCUT2D eigenvalue weighted by atomic mass is 79.9. The largest absolute Gasteiger partial charge is 0.298 e. The molecule has 0 spiro atoms. The summed E-state index contributed by atoms with van der Waals surface area (Å²) in [6.07, 6.45) is 5.16. The van der Waals surface area contributed by atoms with E-state index in [1.165, 1.54) is 5.56 Å². The standard InChI is InChI=1S/C14H16BrClO/c15-12-6-2-1-5-11(12)8-10-14(16)9-4-3-7-13(14)17/h1-2,5-6H,3-4,7-10H2. The predicted molar refractivity (Wildman–Crippen MR) is 74.5 cm³/mol. The fourth-order valence-corrected chi connectivity index (χ4v) is 3.16. The van der Waals surface area contributed by atoms with Gasteiger partial charge in [0.15, 0.2) is 5.78 Å². The van der Waals surface area contributed by atoms with Crippen LogP contribution in [0.15, 0.2) is 28.7 Å². The molecule has 1 nitrogen and oxygen atoms in total. The first kappa shape index (κ1) is 13.1. The van der Waals surface area contributed by atoms with Crippen LogP contribution in [-0.4, -0.2) is 10.7 Å². The van der Waals surface area contributed by atoms with Crippen LogP contribution in [0.2, 0.25) is 0 Å². The van der Waals surface area contributed by atoms with Crippen LogP contribution in [-0.2, 0) is 11.2 Å². The van der Waals surface area contributed by atoms with Gasteiger partial charge in [0.05, 0.1) is 0 Å². The average Bonchev–Trinajstić information content (AvgIpc) is 2.32. The molecule has 1 aliphatic rings. The van der Waals surface area contributed by atoms with Gasteiger partial charge in [0.1, 0.15) is 4.87 Å². The summed E-state index contributed by atoms with van der Waals surface area (Å²) >= 11 is 9.99. The lowest BCUT2D eigenvalue weighted by Gasteiger charge is -2.29. The number of ketones is 1. The molecular formula is C14H16BrClO. The van der Waals surface area contributed by atoms with Crippen molar-refractivity contribution in [2.75, 3.05) is 0 Å². The number of hydrogen-bond donors (Lipinski definition) is 0. The highest BCUT2D eigenvalue weighted by Gasteiger charge is 2.37. The maximum absolute atomic E-state index is 11.9. The fraction of sp³-hybridized carbons (Fsp3) is 0.500. The van der Waals surface area contributed by atoms with Crippen molar-refractivity contribution in [1.29, 1.82) is 0 Å². The van der Waals surface area contributed by atoms with Crippen LogP contribution in [0.25, 0.3) is 0 Å². The predicted octanol–water partition coefficient (Wildman–Crippen LogP) is 4.50. The first-order valence-electron chi connectivity index (χ1n) is 6.07. The normalized spacial score (nSPS) is 24.9. The van der Waals surface area contributed by atoms with E-state index in [0.717, 1.165) is 36.6 Å². The van der Waals surface area contributed by atoms with Crippen LogP contribution >= 0.6 is 27.5 Å². The van der Waals surface area contributed by atoms with Gasteiger partial charge in [0.2, 0.25) is 0 Å². The molecule has 1 aliphatic carbocycles. The van der Waals surface area contributed by atoms with E-state index in [1.807, 2.05) is 18.2 Å². The van der Waals surface area contributed by atoms with Crippen LogP contribution in [0, 0.1) is 0 Å². The van der Waals surface area contributed by atoms with Gasteiger partial charge in [0, 0.05) is 10.9 Å². The minimum atomic E-state index is -0.604. The van der Waals surface area contributed by atoms with E-state index in [-0.39, 0.29) is 5.78 Å². The molecule has 0 radical (unpaired) electrons. The van der Waals surface area contributed by atoms with Crippen molar-refractivity contribution >= 4 is 33.3 Å². The third-order valence-electron chi connectivity index (χ3n) is 3.48. The molecular weight excluding hydrogens is 300 g/mol. The SMILES string of the molecule is O=C1CCCCC1(Cl)CCc1ccccc1Br. The molecule has 0 aliphatic heterocycles. The van der Waals surface area contributed by atoms with Gasteiger partial charge in [-0.3, -0.25) is 4.79 Å². The molecule has 0 aromatic heterocycles. The van der Waals surface area contributed by atoms with Crippen molar-refractivity contribution in [1.82, 2.24) is 0 Å². The van der Waals surface area contributed by atoms with Crippen molar-refractivity contribution in [2.45, 2.75) is 43.4 Å². The zero-order chi connectivity index (χ0) is 12.3. The van der Waals surface area contributed by atoms with Crippen LogP contribution in [0.4, 0.5) is 0 Å². The van der Waals surface area contributed by atoms with E-state index in [1.54, 1.807) is 0 Å². The van der Waals surface area contributed by atoms with Crippen molar-refractivity contribution in [2.24, 2.45) is 0 Å². The van der Waals surface area contributed by atoms with Gasteiger partial charge >= 0.3 is 0 Å². The second-order valence-corrected chi connectivity index (χ2v) is 6.26. The van der Waals surface area contributed by atoms with Gasteiger partial charge in [-0.25, -0.2) is 0 Å². The Kier molecular flexibility index (Phi) is 4.26. The summed E-state index contributed by atoms with van der Waals surface area (Å²) in [7, 11) is 0. The summed E-state index contributed by atoms with van der Waals surface area (Å²) in [6, 6.07) is 8.12. The maximum atomic E-state index is 11.9. The van der Waals surface area contributed by atoms with Crippen LogP contribution in [0.5, 0.6) is 0 Å². The Balaban J connectivity index is 2.02. The highest BCUT2D eigenvalue weighted by molar-refractivity contribution is 9.10. The third kappa shape index (κ3) is 3.11. The second kappa shape index (κ2) is 5.53. The van der Waals surface area contributed by atoms with Crippen molar-refractivity contribution in [3.8, 4) is 0 Å². The molecule has 1 atom stereocenters. The molecule has 0 heterocycles. The van der Waals surface area contributed by atoms with Crippen LogP contribution in [0.3, 0.4) is 0 Å². The number of carbonyl (C=O) groups is 1. The van der Waals surface area contributed by atoms with E-state index >= 15 is 0 Å². The van der Waals surface area contributed by atoms with Gasteiger partial charge < -0.3 is 0 Å². The molecule has 92 valence electrons.